The minimum Gasteiger partial charge on any atom is -0.371 e. The molecule has 0 saturated heterocycles. The van der Waals surface area contributed by atoms with Crippen molar-refractivity contribution in [3.05, 3.63) is 88.9 Å². The highest BCUT2D eigenvalue weighted by molar-refractivity contribution is 7.92. The Morgan fingerprint density at radius 1 is 1.06 bits per heavy atom. The van der Waals surface area contributed by atoms with E-state index in [1.807, 2.05) is 13.0 Å². The molecule has 0 bridgehead atoms. The van der Waals surface area contributed by atoms with Gasteiger partial charge in [0.25, 0.3) is 10.0 Å². The maximum absolute atomic E-state index is 13.4. The quantitative estimate of drug-likeness (QED) is 0.444. The van der Waals surface area contributed by atoms with Crippen LogP contribution in [0.2, 0.25) is 5.02 Å². The van der Waals surface area contributed by atoms with E-state index in [4.69, 9.17) is 11.6 Å². The monoisotopic (exact) mass is 497 g/mol. The molecule has 178 valence electrons. The van der Waals surface area contributed by atoms with Gasteiger partial charge in [0.05, 0.1) is 10.6 Å². The summed E-state index contributed by atoms with van der Waals surface area (Å²) in [4.78, 5) is 15.2. The fourth-order valence-corrected chi connectivity index (χ4v) is 5.70. The number of sulfonamides is 1. The Morgan fingerprint density at radius 3 is 2.59 bits per heavy atom. The SMILES string of the molecule is Cc1ccc(S(=O)(=O)N(CC(=O)NCCCN2CCc3ccccc32)c2cccc(Cl)c2)cc1. The zero-order valence-electron chi connectivity index (χ0n) is 19.1. The van der Waals surface area contributed by atoms with Crippen LogP contribution in [0.4, 0.5) is 11.4 Å². The van der Waals surface area contributed by atoms with Crippen LogP contribution in [-0.2, 0) is 21.2 Å². The van der Waals surface area contributed by atoms with Crippen molar-refractivity contribution >= 4 is 38.9 Å². The molecule has 6 nitrogen and oxygen atoms in total. The van der Waals surface area contributed by atoms with Crippen molar-refractivity contribution in [1.82, 2.24) is 5.32 Å². The minimum atomic E-state index is -3.95. The number of nitrogens with zero attached hydrogens (tertiary/aromatic N) is 2. The second-order valence-corrected chi connectivity index (χ2v) is 10.7. The van der Waals surface area contributed by atoms with E-state index >= 15 is 0 Å². The fourth-order valence-electron chi connectivity index (χ4n) is 4.11. The summed E-state index contributed by atoms with van der Waals surface area (Å²) in [7, 11) is -3.95. The number of amides is 1. The van der Waals surface area contributed by atoms with Gasteiger partial charge in [-0.3, -0.25) is 9.10 Å². The number of hydrogen-bond donors (Lipinski definition) is 1. The first kappa shape index (κ1) is 24.1. The molecule has 34 heavy (non-hydrogen) atoms. The summed E-state index contributed by atoms with van der Waals surface area (Å²) in [6, 6.07) is 21.5. The molecule has 1 amide bonds. The highest BCUT2D eigenvalue weighted by atomic mass is 35.5. The average Bonchev–Trinajstić information content (AvgIpc) is 3.23. The molecule has 0 atom stereocenters. The molecular formula is C26H28ClN3O3S. The summed E-state index contributed by atoms with van der Waals surface area (Å²) in [6.07, 6.45) is 1.80. The van der Waals surface area contributed by atoms with Gasteiger partial charge in [-0.15, -0.1) is 0 Å². The Balaban J connectivity index is 1.41. The number of para-hydroxylation sites is 1. The van der Waals surface area contributed by atoms with Crippen molar-refractivity contribution in [2.75, 3.05) is 35.4 Å². The van der Waals surface area contributed by atoms with Crippen molar-refractivity contribution in [3.8, 4) is 0 Å². The topological polar surface area (TPSA) is 69.7 Å². The molecule has 0 radical (unpaired) electrons. The maximum atomic E-state index is 13.4. The number of anilines is 2. The number of nitrogens with one attached hydrogen (secondary N) is 1. The first-order chi connectivity index (χ1) is 16.3. The van der Waals surface area contributed by atoms with Crippen LogP contribution in [0.1, 0.15) is 17.5 Å². The van der Waals surface area contributed by atoms with Crippen molar-refractivity contribution in [2.45, 2.75) is 24.7 Å². The number of carbonyl (C=O) groups excluding carboxylic acids is 1. The molecule has 1 heterocycles. The van der Waals surface area contributed by atoms with E-state index in [-0.39, 0.29) is 17.3 Å². The van der Waals surface area contributed by atoms with Gasteiger partial charge in [0.1, 0.15) is 6.54 Å². The normalized spacial score (nSPS) is 12.9. The standard InChI is InChI=1S/C26H28ClN3O3S/c1-20-10-12-24(13-11-20)34(32,33)30(23-8-4-7-22(27)18-23)19-26(31)28-15-5-16-29-17-14-21-6-2-3-9-25(21)29/h2-4,6-13,18H,5,14-17,19H2,1H3,(H,28,31). The summed E-state index contributed by atoms with van der Waals surface area (Å²) in [6.45, 7) is 3.83. The zero-order chi connectivity index (χ0) is 24.1. The summed E-state index contributed by atoms with van der Waals surface area (Å²) in [5.74, 6) is -0.363. The minimum absolute atomic E-state index is 0.124. The van der Waals surface area contributed by atoms with Crippen LogP contribution >= 0.6 is 11.6 Å². The molecule has 0 unspecified atom stereocenters. The van der Waals surface area contributed by atoms with Crippen molar-refractivity contribution in [2.24, 2.45) is 0 Å². The van der Waals surface area contributed by atoms with E-state index in [9.17, 15) is 13.2 Å². The van der Waals surface area contributed by atoms with E-state index in [0.29, 0.717) is 17.3 Å². The molecule has 3 aromatic carbocycles. The van der Waals surface area contributed by atoms with E-state index in [2.05, 4.69) is 28.4 Å². The van der Waals surface area contributed by atoms with Gasteiger partial charge in [0, 0.05) is 30.3 Å². The molecule has 4 rings (SSSR count). The van der Waals surface area contributed by atoms with Crippen molar-refractivity contribution in [1.29, 1.82) is 0 Å². The number of halogens is 1. The zero-order valence-corrected chi connectivity index (χ0v) is 20.6. The number of carbonyl (C=O) groups is 1. The third kappa shape index (κ3) is 5.54. The molecule has 0 aromatic heterocycles. The van der Waals surface area contributed by atoms with Gasteiger partial charge < -0.3 is 10.2 Å². The molecule has 0 fully saturated rings. The molecular weight excluding hydrogens is 470 g/mol. The Hall–Kier alpha value is -3.03. The van der Waals surface area contributed by atoms with Crippen molar-refractivity contribution in [3.63, 3.8) is 0 Å². The first-order valence-electron chi connectivity index (χ1n) is 11.3. The number of benzene rings is 3. The second kappa shape index (κ2) is 10.5. The number of aryl methyl sites for hydroxylation is 1. The van der Waals surface area contributed by atoms with Gasteiger partial charge in [0.15, 0.2) is 0 Å². The smallest absolute Gasteiger partial charge is 0.264 e. The Bertz CT molecular complexity index is 1260. The van der Waals surface area contributed by atoms with E-state index in [1.54, 1.807) is 48.5 Å². The summed E-state index contributed by atoms with van der Waals surface area (Å²) in [5, 5.41) is 3.27. The predicted octanol–water partition coefficient (Wildman–Crippen LogP) is 4.41. The van der Waals surface area contributed by atoms with E-state index < -0.39 is 10.0 Å². The maximum Gasteiger partial charge on any atom is 0.264 e. The molecule has 1 aliphatic heterocycles. The number of fused-ring (bicyclic) bond motifs is 1. The average molecular weight is 498 g/mol. The largest absolute Gasteiger partial charge is 0.371 e. The van der Waals surface area contributed by atoms with Crippen LogP contribution < -0.4 is 14.5 Å². The van der Waals surface area contributed by atoms with Gasteiger partial charge in [-0.1, -0.05) is 53.6 Å². The highest BCUT2D eigenvalue weighted by Gasteiger charge is 2.27. The van der Waals surface area contributed by atoms with Crippen LogP contribution in [0.5, 0.6) is 0 Å². The van der Waals surface area contributed by atoms with Crippen LogP contribution in [0.3, 0.4) is 0 Å². The Kier molecular flexibility index (Phi) is 7.44. The van der Waals surface area contributed by atoms with E-state index in [1.165, 1.54) is 11.3 Å². The Labute approximate surface area is 206 Å². The van der Waals surface area contributed by atoms with Crippen LogP contribution in [0.25, 0.3) is 0 Å². The lowest BCUT2D eigenvalue weighted by molar-refractivity contribution is -0.119. The molecule has 1 N–H and O–H groups in total. The third-order valence-corrected chi connectivity index (χ3v) is 7.93. The number of hydrogen-bond acceptors (Lipinski definition) is 4. The summed E-state index contributed by atoms with van der Waals surface area (Å²) >= 11 is 6.12. The van der Waals surface area contributed by atoms with Crippen LogP contribution in [-0.4, -0.2) is 40.5 Å². The third-order valence-electron chi connectivity index (χ3n) is 5.90. The molecule has 1 aliphatic rings. The van der Waals surface area contributed by atoms with Gasteiger partial charge >= 0.3 is 0 Å². The van der Waals surface area contributed by atoms with Crippen LogP contribution in [0.15, 0.2) is 77.7 Å². The molecule has 8 heteroatoms. The lowest BCUT2D eigenvalue weighted by atomic mass is 10.2. The fraction of sp³-hybridized carbons (Fsp3) is 0.269. The molecule has 3 aromatic rings. The summed E-state index contributed by atoms with van der Waals surface area (Å²) in [5.41, 5.74) is 3.90. The lowest BCUT2D eigenvalue weighted by Gasteiger charge is -2.24. The number of rotatable bonds is 9. The lowest BCUT2D eigenvalue weighted by Crippen LogP contribution is -2.41. The second-order valence-electron chi connectivity index (χ2n) is 8.37. The van der Waals surface area contributed by atoms with Gasteiger partial charge in [-0.05, 0) is 61.7 Å². The highest BCUT2D eigenvalue weighted by Crippen LogP contribution is 2.28. The van der Waals surface area contributed by atoms with Gasteiger partial charge in [-0.25, -0.2) is 8.42 Å². The van der Waals surface area contributed by atoms with E-state index in [0.717, 1.165) is 35.8 Å². The first-order valence-corrected chi connectivity index (χ1v) is 13.1. The molecule has 0 saturated carbocycles. The van der Waals surface area contributed by atoms with Crippen molar-refractivity contribution < 1.29 is 13.2 Å². The van der Waals surface area contributed by atoms with Crippen LogP contribution in [0, 0.1) is 6.92 Å². The van der Waals surface area contributed by atoms with Gasteiger partial charge in [-0.2, -0.15) is 0 Å². The molecule has 0 spiro atoms. The summed E-state index contributed by atoms with van der Waals surface area (Å²) < 4.78 is 27.9. The molecule has 0 aliphatic carbocycles. The Morgan fingerprint density at radius 2 is 1.82 bits per heavy atom. The predicted molar refractivity (Wildman–Crippen MR) is 137 cm³/mol. The van der Waals surface area contributed by atoms with Gasteiger partial charge in [0.2, 0.25) is 5.91 Å².